The van der Waals surface area contributed by atoms with Gasteiger partial charge in [0.1, 0.15) is 18.1 Å². The molecule has 0 aromatic heterocycles. The van der Waals surface area contributed by atoms with Gasteiger partial charge in [0, 0.05) is 30.8 Å². The summed E-state index contributed by atoms with van der Waals surface area (Å²) in [7, 11) is 0. The lowest BCUT2D eigenvalue weighted by atomic mass is 10.0. The Morgan fingerprint density at radius 2 is 1.89 bits per heavy atom. The molecule has 4 atom stereocenters. The summed E-state index contributed by atoms with van der Waals surface area (Å²) in [5.41, 5.74) is 6.49. The Morgan fingerprint density at radius 3 is 2.60 bits per heavy atom. The summed E-state index contributed by atoms with van der Waals surface area (Å²) in [6.07, 6.45) is 0.0217. The van der Waals surface area contributed by atoms with E-state index < -0.39 is 48.1 Å². The van der Waals surface area contributed by atoms with Crippen LogP contribution in [0.4, 0.5) is 5.69 Å². The number of nitrogen functional groups attached to an aromatic ring is 1. The van der Waals surface area contributed by atoms with Crippen LogP contribution in [0, 0.1) is 0 Å². The second-order valence-corrected chi connectivity index (χ2v) is 8.68. The number of ether oxygens (including phenoxy) is 2. The van der Waals surface area contributed by atoms with E-state index in [1.807, 2.05) is 0 Å². The van der Waals surface area contributed by atoms with Crippen LogP contribution >= 0.6 is 0 Å². The number of carbonyl (C=O) groups is 5. The van der Waals surface area contributed by atoms with Crippen LogP contribution in [0.2, 0.25) is 0 Å². The van der Waals surface area contributed by atoms with Gasteiger partial charge >= 0.3 is 5.97 Å². The molecule has 12 nitrogen and oxygen atoms in total. The average molecular weight is 488 g/mol. The number of hydrogen-bond donors (Lipinski definition) is 3. The lowest BCUT2D eigenvalue weighted by Gasteiger charge is -2.43. The third-order valence-corrected chi connectivity index (χ3v) is 6.26. The van der Waals surface area contributed by atoms with Crippen molar-refractivity contribution in [1.82, 2.24) is 20.7 Å². The maximum Gasteiger partial charge on any atom is 0.310 e. The van der Waals surface area contributed by atoms with Gasteiger partial charge < -0.3 is 25.8 Å². The number of rotatable bonds is 6. The fourth-order valence-electron chi connectivity index (χ4n) is 4.53. The molecule has 1 aromatic rings. The molecule has 0 aliphatic carbocycles. The Kier molecular flexibility index (Phi) is 7.20. The number of esters is 1. The highest BCUT2D eigenvalue weighted by atomic mass is 16.7. The van der Waals surface area contributed by atoms with E-state index in [2.05, 4.69) is 10.6 Å². The van der Waals surface area contributed by atoms with Gasteiger partial charge in [-0.25, -0.2) is 5.01 Å². The third-order valence-electron chi connectivity index (χ3n) is 6.26. The Bertz CT molecular complexity index is 1010. The van der Waals surface area contributed by atoms with Crippen molar-refractivity contribution in [3.8, 4) is 0 Å². The number of benzene rings is 1. The summed E-state index contributed by atoms with van der Waals surface area (Å²) in [5, 5.41) is 7.90. The number of cyclic esters (lactones) is 1. The van der Waals surface area contributed by atoms with Crippen LogP contribution in [-0.4, -0.2) is 77.2 Å². The van der Waals surface area contributed by atoms with Crippen molar-refractivity contribution in [2.45, 2.75) is 63.4 Å². The second kappa shape index (κ2) is 10.3. The van der Waals surface area contributed by atoms with Gasteiger partial charge in [-0.1, -0.05) is 0 Å². The van der Waals surface area contributed by atoms with Gasteiger partial charge in [-0.05, 0) is 50.5 Å². The first-order valence-corrected chi connectivity index (χ1v) is 11.7. The lowest BCUT2D eigenvalue weighted by Crippen LogP contribution is -2.64. The quantitative estimate of drug-likeness (QED) is 0.364. The number of anilines is 1. The van der Waals surface area contributed by atoms with E-state index in [1.54, 1.807) is 31.2 Å². The summed E-state index contributed by atoms with van der Waals surface area (Å²) in [6.45, 7) is 2.32. The van der Waals surface area contributed by atoms with Gasteiger partial charge in [0.25, 0.3) is 11.8 Å². The van der Waals surface area contributed by atoms with Crippen LogP contribution < -0.4 is 16.4 Å². The average Bonchev–Trinajstić information content (AvgIpc) is 3.13. The topological polar surface area (TPSA) is 160 Å². The van der Waals surface area contributed by atoms with Crippen molar-refractivity contribution in [2.75, 3.05) is 18.9 Å². The smallest absolute Gasteiger partial charge is 0.310 e. The van der Waals surface area contributed by atoms with Gasteiger partial charge in [-0.2, -0.15) is 0 Å². The molecule has 4 amide bonds. The number of nitrogens with zero attached hydrogens (tertiary/aromatic N) is 2. The van der Waals surface area contributed by atoms with Crippen molar-refractivity contribution in [2.24, 2.45) is 0 Å². The number of nitrogens with two attached hydrogens (primary N) is 1. The predicted octanol–water partition coefficient (Wildman–Crippen LogP) is -0.310. The number of amides is 4. The number of carbonyl (C=O) groups excluding carboxylic acids is 5. The van der Waals surface area contributed by atoms with Crippen molar-refractivity contribution >= 4 is 35.3 Å². The Morgan fingerprint density at radius 1 is 1.14 bits per heavy atom. The normalized spacial score (nSPS) is 26.6. The Hall–Kier alpha value is -3.67. The van der Waals surface area contributed by atoms with Crippen LogP contribution in [0.15, 0.2) is 24.3 Å². The Balaban J connectivity index is 1.51. The molecule has 0 saturated carbocycles. The number of hydrazine groups is 1. The highest BCUT2D eigenvalue weighted by molar-refractivity contribution is 6.00. The molecule has 0 radical (unpaired) electrons. The molecule has 12 heteroatoms. The molecular formula is C23H29N5O7. The van der Waals surface area contributed by atoms with E-state index in [9.17, 15) is 24.0 Å². The number of hydrogen-bond acceptors (Lipinski definition) is 8. The highest BCUT2D eigenvalue weighted by Gasteiger charge is 2.46. The van der Waals surface area contributed by atoms with E-state index in [0.29, 0.717) is 30.6 Å². The van der Waals surface area contributed by atoms with Crippen molar-refractivity contribution < 1.29 is 33.4 Å². The molecule has 3 saturated heterocycles. The summed E-state index contributed by atoms with van der Waals surface area (Å²) < 4.78 is 10.5. The van der Waals surface area contributed by atoms with E-state index in [4.69, 9.17) is 15.2 Å². The molecule has 3 heterocycles. The molecule has 3 aliphatic heterocycles. The van der Waals surface area contributed by atoms with Crippen molar-refractivity contribution in [3.05, 3.63) is 29.8 Å². The van der Waals surface area contributed by atoms with E-state index in [-0.39, 0.29) is 31.8 Å². The zero-order chi connectivity index (χ0) is 25.1. The summed E-state index contributed by atoms with van der Waals surface area (Å²) in [6, 6.07) is 3.56. The summed E-state index contributed by atoms with van der Waals surface area (Å²) in [5.74, 6) is -2.34. The first kappa shape index (κ1) is 24.5. The molecular weight excluding hydrogens is 458 g/mol. The molecule has 0 bridgehead atoms. The maximum absolute atomic E-state index is 13.5. The van der Waals surface area contributed by atoms with E-state index >= 15 is 0 Å². The largest absolute Gasteiger partial charge is 0.433 e. The zero-order valence-electron chi connectivity index (χ0n) is 19.4. The predicted molar refractivity (Wildman–Crippen MR) is 121 cm³/mol. The van der Waals surface area contributed by atoms with Crippen LogP contribution in [0.5, 0.6) is 0 Å². The maximum atomic E-state index is 13.5. The minimum Gasteiger partial charge on any atom is -0.433 e. The van der Waals surface area contributed by atoms with Gasteiger partial charge in [0.05, 0.1) is 6.42 Å². The van der Waals surface area contributed by atoms with Gasteiger partial charge in [-0.3, -0.25) is 29.0 Å². The standard InChI is InChI=1S/C23H29N5O7/c1-2-34-23-16(12-19(30)35-23)26-21(32)17-4-3-11-27-18(29)10-9-15(22(33)28(17)27)25-20(31)13-5-7-14(24)8-6-13/h5-8,15-17,23H,2-4,9-12,24H2,1H3,(H,25,31)(H,26,32). The van der Waals surface area contributed by atoms with Crippen molar-refractivity contribution in [1.29, 1.82) is 0 Å². The van der Waals surface area contributed by atoms with E-state index in [0.717, 1.165) is 5.01 Å². The van der Waals surface area contributed by atoms with Crippen molar-refractivity contribution in [3.63, 3.8) is 0 Å². The highest BCUT2D eigenvalue weighted by Crippen LogP contribution is 2.26. The van der Waals surface area contributed by atoms with E-state index in [1.165, 1.54) is 5.01 Å². The second-order valence-electron chi connectivity index (χ2n) is 8.68. The van der Waals surface area contributed by atoms with Gasteiger partial charge in [0.15, 0.2) is 0 Å². The van der Waals surface area contributed by atoms with Crippen LogP contribution in [0.3, 0.4) is 0 Å². The van der Waals surface area contributed by atoms with Gasteiger partial charge in [-0.15, -0.1) is 0 Å². The molecule has 188 valence electrons. The SMILES string of the molecule is CCOC1OC(=O)CC1NC(=O)C1CCCN2C(=O)CCC(NC(=O)c3ccc(N)cc3)C(=O)N12. The molecule has 4 unspecified atom stereocenters. The Labute approximate surface area is 202 Å². The van der Waals surface area contributed by atoms with Crippen LogP contribution in [0.1, 0.15) is 49.4 Å². The monoisotopic (exact) mass is 487 g/mol. The first-order chi connectivity index (χ1) is 16.8. The molecule has 3 fully saturated rings. The summed E-state index contributed by atoms with van der Waals surface area (Å²) >= 11 is 0. The zero-order valence-corrected chi connectivity index (χ0v) is 19.4. The molecule has 0 spiro atoms. The minimum atomic E-state index is -0.991. The number of nitrogens with one attached hydrogen (secondary N) is 2. The third kappa shape index (κ3) is 5.21. The van der Waals surface area contributed by atoms with Gasteiger partial charge in [0.2, 0.25) is 18.1 Å². The lowest BCUT2D eigenvalue weighted by molar-refractivity contribution is -0.177. The summed E-state index contributed by atoms with van der Waals surface area (Å²) in [4.78, 5) is 64.1. The number of fused-ring (bicyclic) bond motifs is 1. The fraction of sp³-hybridized carbons (Fsp3) is 0.522. The molecule has 35 heavy (non-hydrogen) atoms. The molecule has 1 aromatic carbocycles. The van der Waals surface area contributed by atoms with Crippen LogP contribution in [-0.2, 0) is 28.7 Å². The fourth-order valence-corrected chi connectivity index (χ4v) is 4.53. The first-order valence-electron chi connectivity index (χ1n) is 11.7. The molecule has 4 N–H and O–H groups in total. The van der Waals surface area contributed by atoms with Crippen LogP contribution in [0.25, 0.3) is 0 Å². The molecule has 4 rings (SSSR count). The molecule has 3 aliphatic rings. The minimum absolute atomic E-state index is 0.0423.